The smallest absolute Gasteiger partial charge is 0.251 e. The lowest BCUT2D eigenvalue weighted by Crippen LogP contribution is -2.22. The molecule has 0 aliphatic heterocycles. The summed E-state index contributed by atoms with van der Waals surface area (Å²) in [5.74, 6) is 1.24. The number of amides is 1. The van der Waals surface area contributed by atoms with Crippen molar-refractivity contribution in [3.63, 3.8) is 0 Å². The van der Waals surface area contributed by atoms with Crippen LogP contribution < -0.4 is 14.8 Å². The number of carbonyl (C=O) groups is 1. The van der Waals surface area contributed by atoms with Crippen LogP contribution in [-0.2, 0) is 6.54 Å². The Morgan fingerprint density at radius 3 is 2.50 bits per heavy atom. The topological polar surface area (TPSA) is 60.5 Å². The van der Waals surface area contributed by atoms with Gasteiger partial charge in [-0.1, -0.05) is 6.07 Å². The van der Waals surface area contributed by atoms with E-state index >= 15 is 0 Å². The molecule has 0 radical (unpaired) electrons. The first-order chi connectivity index (χ1) is 11.7. The predicted octanol–water partition coefficient (Wildman–Crippen LogP) is 3.18. The number of nitrogens with one attached hydrogen (secondary N) is 1. The number of nitrogens with zero attached hydrogens (tertiary/aromatic N) is 1. The summed E-state index contributed by atoms with van der Waals surface area (Å²) in [6.45, 7) is 0.386. The lowest BCUT2D eigenvalue weighted by molar-refractivity contribution is 0.0951. The number of hydrogen-bond donors (Lipinski definition) is 1. The molecular weight excluding hydrogens is 304 g/mol. The zero-order valence-electron chi connectivity index (χ0n) is 13.6. The van der Waals surface area contributed by atoms with Crippen molar-refractivity contribution in [2.24, 2.45) is 0 Å². The van der Waals surface area contributed by atoms with Gasteiger partial charge >= 0.3 is 0 Å². The summed E-state index contributed by atoms with van der Waals surface area (Å²) < 4.78 is 10.5. The van der Waals surface area contributed by atoms with Gasteiger partial charge in [-0.25, -0.2) is 0 Å². The number of benzene rings is 2. The van der Waals surface area contributed by atoms with Crippen LogP contribution in [0.25, 0.3) is 10.9 Å². The maximum absolute atomic E-state index is 12.4. The minimum atomic E-state index is -0.137. The highest BCUT2D eigenvalue weighted by Gasteiger charge is 2.08. The first-order valence-electron chi connectivity index (χ1n) is 7.54. The Morgan fingerprint density at radius 1 is 1.04 bits per heavy atom. The second kappa shape index (κ2) is 7.00. The molecule has 0 saturated carbocycles. The SMILES string of the molecule is COc1cc(CNC(=O)c2ccc3ncccc3c2)cc(OC)c1. The van der Waals surface area contributed by atoms with Crippen molar-refractivity contribution in [3.8, 4) is 11.5 Å². The Bertz CT molecular complexity index is 855. The number of rotatable bonds is 5. The van der Waals surface area contributed by atoms with E-state index < -0.39 is 0 Å². The van der Waals surface area contributed by atoms with E-state index in [-0.39, 0.29) is 5.91 Å². The van der Waals surface area contributed by atoms with Crippen molar-refractivity contribution in [1.29, 1.82) is 0 Å². The van der Waals surface area contributed by atoms with Crippen LogP contribution in [0, 0.1) is 0 Å². The average molecular weight is 322 g/mol. The minimum absolute atomic E-state index is 0.137. The van der Waals surface area contributed by atoms with Gasteiger partial charge in [0.1, 0.15) is 11.5 Å². The first-order valence-corrected chi connectivity index (χ1v) is 7.54. The van der Waals surface area contributed by atoms with Gasteiger partial charge in [-0.05, 0) is 42.0 Å². The van der Waals surface area contributed by atoms with Gasteiger partial charge in [-0.3, -0.25) is 9.78 Å². The van der Waals surface area contributed by atoms with Crippen LogP contribution in [-0.4, -0.2) is 25.1 Å². The highest BCUT2D eigenvalue weighted by Crippen LogP contribution is 2.22. The van der Waals surface area contributed by atoms with Gasteiger partial charge in [0.2, 0.25) is 0 Å². The number of aromatic nitrogens is 1. The number of pyridine rings is 1. The molecule has 24 heavy (non-hydrogen) atoms. The van der Waals surface area contributed by atoms with Crippen LogP contribution in [0.5, 0.6) is 11.5 Å². The van der Waals surface area contributed by atoms with Gasteiger partial charge in [-0.15, -0.1) is 0 Å². The van der Waals surface area contributed by atoms with Crippen molar-refractivity contribution < 1.29 is 14.3 Å². The highest BCUT2D eigenvalue weighted by atomic mass is 16.5. The summed E-state index contributed by atoms with van der Waals surface area (Å²) in [4.78, 5) is 16.6. The molecule has 5 nitrogen and oxygen atoms in total. The fourth-order valence-electron chi connectivity index (χ4n) is 2.47. The average Bonchev–Trinajstić information content (AvgIpc) is 2.65. The highest BCUT2D eigenvalue weighted by molar-refractivity contribution is 5.97. The number of ether oxygens (including phenoxy) is 2. The monoisotopic (exact) mass is 322 g/mol. The molecule has 0 aliphatic carbocycles. The molecule has 0 atom stereocenters. The lowest BCUT2D eigenvalue weighted by atomic mass is 10.1. The van der Waals surface area contributed by atoms with E-state index in [1.165, 1.54) is 0 Å². The van der Waals surface area contributed by atoms with E-state index in [1.54, 1.807) is 32.5 Å². The van der Waals surface area contributed by atoms with E-state index in [2.05, 4.69) is 10.3 Å². The molecule has 0 aliphatic rings. The summed E-state index contributed by atoms with van der Waals surface area (Å²) in [7, 11) is 3.19. The van der Waals surface area contributed by atoms with Gasteiger partial charge in [0, 0.05) is 29.8 Å². The van der Waals surface area contributed by atoms with Crippen LogP contribution >= 0.6 is 0 Å². The fourth-order valence-corrected chi connectivity index (χ4v) is 2.47. The van der Waals surface area contributed by atoms with Crippen LogP contribution in [0.1, 0.15) is 15.9 Å². The summed E-state index contributed by atoms with van der Waals surface area (Å²) in [6.07, 6.45) is 1.73. The third-order valence-corrected chi connectivity index (χ3v) is 3.73. The molecular formula is C19H18N2O3. The van der Waals surface area contributed by atoms with Crippen molar-refractivity contribution in [3.05, 3.63) is 65.9 Å². The Balaban J connectivity index is 1.74. The maximum atomic E-state index is 12.4. The molecule has 3 aromatic rings. The molecule has 0 saturated heterocycles. The fraction of sp³-hybridized carbons (Fsp3) is 0.158. The van der Waals surface area contributed by atoms with E-state index in [0.29, 0.717) is 23.6 Å². The Hall–Kier alpha value is -3.08. The van der Waals surface area contributed by atoms with Crippen LogP contribution in [0.4, 0.5) is 0 Å². The van der Waals surface area contributed by atoms with E-state index in [4.69, 9.17) is 9.47 Å². The predicted molar refractivity (Wildman–Crippen MR) is 92.5 cm³/mol. The normalized spacial score (nSPS) is 10.4. The van der Waals surface area contributed by atoms with Crippen LogP contribution in [0.3, 0.4) is 0 Å². The molecule has 1 heterocycles. The molecule has 0 unspecified atom stereocenters. The Kier molecular flexibility index (Phi) is 4.61. The summed E-state index contributed by atoms with van der Waals surface area (Å²) in [6, 6.07) is 14.8. The van der Waals surface area contributed by atoms with E-state index in [9.17, 15) is 4.79 Å². The largest absolute Gasteiger partial charge is 0.497 e. The summed E-state index contributed by atoms with van der Waals surface area (Å²) in [5, 5.41) is 3.85. The van der Waals surface area contributed by atoms with Crippen molar-refractivity contribution in [2.75, 3.05) is 14.2 Å². The van der Waals surface area contributed by atoms with Gasteiger partial charge in [0.15, 0.2) is 0 Å². The third-order valence-electron chi connectivity index (χ3n) is 3.73. The number of carbonyl (C=O) groups excluding carboxylic acids is 1. The Labute approximate surface area is 140 Å². The molecule has 0 spiro atoms. The minimum Gasteiger partial charge on any atom is -0.497 e. The quantitative estimate of drug-likeness (QED) is 0.784. The zero-order chi connectivity index (χ0) is 16.9. The molecule has 5 heteroatoms. The summed E-state index contributed by atoms with van der Waals surface area (Å²) in [5.41, 5.74) is 2.37. The van der Waals surface area contributed by atoms with Crippen LogP contribution in [0.2, 0.25) is 0 Å². The van der Waals surface area contributed by atoms with E-state index in [0.717, 1.165) is 16.5 Å². The molecule has 0 fully saturated rings. The zero-order valence-corrected chi connectivity index (χ0v) is 13.6. The molecule has 1 amide bonds. The van der Waals surface area contributed by atoms with E-state index in [1.807, 2.05) is 36.4 Å². The molecule has 0 bridgehead atoms. The van der Waals surface area contributed by atoms with Crippen molar-refractivity contribution >= 4 is 16.8 Å². The molecule has 2 aromatic carbocycles. The maximum Gasteiger partial charge on any atom is 0.251 e. The molecule has 3 rings (SSSR count). The standard InChI is InChI=1S/C19H18N2O3/c1-23-16-8-13(9-17(11-16)24-2)12-21-19(22)15-5-6-18-14(10-15)4-3-7-20-18/h3-11H,12H2,1-2H3,(H,21,22). The van der Waals surface area contributed by atoms with Crippen molar-refractivity contribution in [1.82, 2.24) is 10.3 Å². The first kappa shape index (κ1) is 15.8. The number of fused-ring (bicyclic) bond motifs is 1. The third kappa shape index (κ3) is 3.46. The molecule has 122 valence electrons. The van der Waals surface area contributed by atoms with Crippen LogP contribution in [0.15, 0.2) is 54.7 Å². The summed E-state index contributed by atoms with van der Waals surface area (Å²) >= 11 is 0. The van der Waals surface area contributed by atoms with Gasteiger partial charge < -0.3 is 14.8 Å². The Morgan fingerprint density at radius 2 is 1.79 bits per heavy atom. The van der Waals surface area contributed by atoms with Crippen molar-refractivity contribution in [2.45, 2.75) is 6.54 Å². The number of methoxy groups -OCH3 is 2. The molecule has 1 aromatic heterocycles. The second-order valence-electron chi connectivity index (χ2n) is 5.31. The second-order valence-corrected chi connectivity index (χ2v) is 5.31. The van der Waals surface area contributed by atoms with Gasteiger partial charge in [-0.2, -0.15) is 0 Å². The lowest BCUT2D eigenvalue weighted by Gasteiger charge is -2.10. The van der Waals surface area contributed by atoms with Gasteiger partial charge in [0.25, 0.3) is 5.91 Å². The molecule has 1 N–H and O–H groups in total. The van der Waals surface area contributed by atoms with Gasteiger partial charge in [0.05, 0.1) is 19.7 Å². The number of hydrogen-bond acceptors (Lipinski definition) is 4.